The van der Waals surface area contributed by atoms with E-state index in [9.17, 15) is 9.65 Å². The van der Waals surface area contributed by atoms with Crippen LogP contribution in [0.4, 0.5) is 4.39 Å². The van der Waals surface area contributed by atoms with Crippen LogP contribution in [-0.4, -0.2) is 12.3 Å². The SMILES string of the molecule is CC(=C=C(C)NCc1c(F)ccc2c1CCO2)/C=C(\C1=NC(C#N)=CC1)c1ccc([C@@H]2C=CCC2)cc1C. The number of nitriles is 1. The lowest BCUT2D eigenvalue weighted by Crippen LogP contribution is -2.13. The first-order valence-corrected chi connectivity index (χ1v) is 13.2. The number of rotatable bonds is 7. The van der Waals surface area contributed by atoms with Gasteiger partial charge in [-0.25, -0.2) is 9.38 Å². The lowest BCUT2D eigenvalue weighted by Gasteiger charge is -2.15. The van der Waals surface area contributed by atoms with Gasteiger partial charge in [0.25, 0.3) is 0 Å². The van der Waals surface area contributed by atoms with Crippen molar-refractivity contribution in [2.24, 2.45) is 4.99 Å². The van der Waals surface area contributed by atoms with E-state index in [2.05, 4.69) is 65.5 Å². The van der Waals surface area contributed by atoms with Gasteiger partial charge < -0.3 is 10.1 Å². The summed E-state index contributed by atoms with van der Waals surface area (Å²) < 4.78 is 20.1. The van der Waals surface area contributed by atoms with E-state index in [4.69, 9.17) is 4.74 Å². The fourth-order valence-electron chi connectivity index (χ4n) is 5.44. The largest absolute Gasteiger partial charge is 0.493 e. The third-order valence-corrected chi connectivity index (χ3v) is 7.37. The highest BCUT2D eigenvalue weighted by Gasteiger charge is 2.20. The fraction of sp³-hybridized carbons (Fsp3) is 0.303. The van der Waals surface area contributed by atoms with Crippen LogP contribution in [0.3, 0.4) is 0 Å². The second kappa shape index (κ2) is 11.1. The van der Waals surface area contributed by atoms with Crippen molar-refractivity contribution in [1.82, 2.24) is 5.32 Å². The van der Waals surface area contributed by atoms with Crippen molar-refractivity contribution in [1.29, 1.82) is 5.26 Å². The van der Waals surface area contributed by atoms with Gasteiger partial charge >= 0.3 is 0 Å². The van der Waals surface area contributed by atoms with E-state index in [0.717, 1.165) is 58.7 Å². The Morgan fingerprint density at radius 3 is 2.87 bits per heavy atom. The van der Waals surface area contributed by atoms with Gasteiger partial charge in [-0.2, -0.15) is 5.26 Å². The van der Waals surface area contributed by atoms with E-state index in [1.165, 1.54) is 17.2 Å². The van der Waals surface area contributed by atoms with Crippen LogP contribution < -0.4 is 10.1 Å². The molecular weight excluding hydrogens is 473 g/mol. The van der Waals surface area contributed by atoms with Gasteiger partial charge in [0.1, 0.15) is 23.3 Å². The first-order chi connectivity index (χ1) is 18.4. The molecule has 0 spiro atoms. The van der Waals surface area contributed by atoms with Crippen LogP contribution in [0.25, 0.3) is 5.57 Å². The number of hydrogen-bond donors (Lipinski definition) is 1. The summed E-state index contributed by atoms with van der Waals surface area (Å²) in [4.78, 5) is 4.60. The van der Waals surface area contributed by atoms with Crippen molar-refractivity contribution in [3.63, 3.8) is 0 Å². The summed E-state index contributed by atoms with van der Waals surface area (Å²) in [6.45, 7) is 7.04. The quantitative estimate of drug-likeness (QED) is 0.243. The minimum Gasteiger partial charge on any atom is -0.493 e. The Labute approximate surface area is 224 Å². The van der Waals surface area contributed by atoms with Crippen molar-refractivity contribution >= 4 is 11.3 Å². The van der Waals surface area contributed by atoms with Crippen LogP contribution in [0.15, 0.2) is 82.3 Å². The molecule has 0 bridgehead atoms. The standard InChI is InChI=1S/C33H32FN3O/c1-21(16-23(3)36-20-30-28-14-15-38-33(28)13-11-31(30)34)17-29(32-12-9-26(19-35)37-32)27-10-8-25(18-22(27)2)24-6-4-5-7-24/h4,6,8-11,13,17-18,24,36H,5,7,12,14-15,20H2,1-3H3/b29-17-/t16?,24-/m1/s1. The summed E-state index contributed by atoms with van der Waals surface area (Å²) in [5, 5.41) is 12.7. The second-order valence-corrected chi connectivity index (χ2v) is 10.1. The van der Waals surface area contributed by atoms with Gasteiger partial charge in [0.15, 0.2) is 0 Å². The van der Waals surface area contributed by atoms with Gasteiger partial charge in [0.05, 0.1) is 18.0 Å². The third-order valence-electron chi connectivity index (χ3n) is 7.37. The molecule has 0 fully saturated rings. The lowest BCUT2D eigenvalue weighted by atomic mass is 9.89. The zero-order valence-electron chi connectivity index (χ0n) is 22.2. The van der Waals surface area contributed by atoms with E-state index in [1.54, 1.807) is 6.07 Å². The van der Waals surface area contributed by atoms with Gasteiger partial charge in [-0.3, -0.25) is 0 Å². The van der Waals surface area contributed by atoms with E-state index in [0.29, 0.717) is 36.8 Å². The number of hydrogen-bond acceptors (Lipinski definition) is 4. The normalized spacial score (nSPS) is 17.8. The Hall–Kier alpha value is -4.13. The molecule has 0 amide bonds. The Morgan fingerprint density at radius 1 is 1.26 bits per heavy atom. The molecule has 0 saturated heterocycles. The third kappa shape index (κ3) is 5.42. The van der Waals surface area contributed by atoms with Crippen LogP contribution in [-0.2, 0) is 13.0 Å². The number of ether oxygens (including phenoxy) is 1. The van der Waals surface area contributed by atoms with Crippen LogP contribution in [0, 0.1) is 24.1 Å². The van der Waals surface area contributed by atoms with E-state index >= 15 is 0 Å². The number of aliphatic imine (C=N–C) groups is 1. The molecule has 2 aliphatic heterocycles. The van der Waals surface area contributed by atoms with Crippen molar-refractivity contribution in [3.8, 4) is 11.8 Å². The first kappa shape index (κ1) is 25.5. The van der Waals surface area contributed by atoms with Gasteiger partial charge in [-0.15, -0.1) is 0 Å². The molecule has 5 rings (SSSR count). The molecule has 2 heterocycles. The first-order valence-electron chi connectivity index (χ1n) is 13.2. The monoisotopic (exact) mass is 505 g/mol. The maximum atomic E-state index is 14.5. The maximum Gasteiger partial charge on any atom is 0.137 e. The summed E-state index contributed by atoms with van der Waals surface area (Å²) in [7, 11) is 0. The molecule has 2 aromatic carbocycles. The number of fused-ring (bicyclic) bond motifs is 1. The van der Waals surface area contributed by atoms with E-state index in [1.807, 2.05) is 19.9 Å². The number of nitrogens with zero attached hydrogens (tertiary/aromatic N) is 2. The summed E-state index contributed by atoms with van der Waals surface area (Å²) in [6.07, 6.45) is 12.1. The molecule has 192 valence electrons. The minimum atomic E-state index is -0.218. The molecule has 0 aromatic heterocycles. The number of halogens is 1. The number of aryl methyl sites for hydroxylation is 1. The van der Waals surface area contributed by atoms with Gasteiger partial charge in [-0.1, -0.05) is 36.1 Å². The Kier molecular flexibility index (Phi) is 7.45. The molecule has 1 aliphatic carbocycles. The zero-order valence-corrected chi connectivity index (χ0v) is 22.2. The Bertz CT molecular complexity index is 1510. The molecule has 3 aliphatic rings. The molecule has 1 N–H and O–H groups in total. The van der Waals surface area contributed by atoms with Crippen molar-refractivity contribution < 1.29 is 9.13 Å². The average molecular weight is 506 g/mol. The predicted molar refractivity (Wildman–Crippen MR) is 150 cm³/mol. The molecule has 1 atom stereocenters. The zero-order chi connectivity index (χ0) is 26.6. The molecule has 2 aromatic rings. The summed E-state index contributed by atoms with van der Waals surface area (Å²) in [6, 6.07) is 12.0. The fourth-order valence-corrected chi connectivity index (χ4v) is 5.44. The molecule has 0 unspecified atom stereocenters. The number of allylic oxidation sites excluding steroid dienone is 7. The molecule has 5 heteroatoms. The van der Waals surface area contributed by atoms with Gasteiger partial charge in [0, 0.05) is 42.0 Å². The molecule has 0 saturated carbocycles. The summed E-state index contributed by atoms with van der Waals surface area (Å²) in [5.41, 5.74) is 12.7. The highest BCUT2D eigenvalue weighted by atomic mass is 19.1. The van der Waals surface area contributed by atoms with Crippen molar-refractivity contribution in [2.75, 3.05) is 6.61 Å². The van der Waals surface area contributed by atoms with Crippen molar-refractivity contribution in [2.45, 2.75) is 58.9 Å². The Morgan fingerprint density at radius 2 is 2.13 bits per heavy atom. The number of benzene rings is 2. The number of nitrogens with one attached hydrogen (secondary N) is 1. The van der Waals surface area contributed by atoms with Gasteiger partial charge in [-0.05, 0) is 80.2 Å². The van der Waals surface area contributed by atoms with Crippen molar-refractivity contribution in [3.05, 3.63) is 111 Å². The highest BCUT2D eigenvalue weighted by molar-refractivity contribution is 6.26. The summed E-state index contributed by atoms with van der Waals surface area (Å²) >= 11 is 0. The molecular formula is C33H32FN3O. The topological polar surface area (TPSA) is 57.4 Å². The van der Waals surface area contributed by atoms with Crippen LogP contribution in [0.5, 0.6) is 5.75 Å². The average Bonchev–Trinajstić information content (AvgIpc) is 3.68. The molecule has 38 heavy (non-hydrogen) atoms. The smallest absolute Gasteiger partial charge is 0.137 e. The maximum absolute atomic E-state index is 14.5. The lowest BCUT2D eigenvalue weighted by molar-refractivity contribution is 0.356. The molecule has 0 radical (unpaired) electrons. The van der Waals surface area contributed by atoms with E-state index < -0.39 is 0 Å². The molecule has 4 nitrogen and oxygen atoms in total. The minimum absolute atomic E-state index is 0.218. The summed E-state index contributed by atoms with van der Waals surface area (Å²) in [5.74, 6) is 1.04. The highest BCUT2D eigenvalue weighted by Crippen LogP contribution is 2.33. The predicted octanol–water partition coefficient (Wildman–Crippen LogP) is 7.38. The van der Waals surface area contributed by atoms with Crippen LogP contribution >= 0.6 is 0 Å². The van der Waals surface area contributed by atoms with E-state index in [-0.39, 0.29) is 5.82 Å². The Balaban J connectivity index is 1.44. The van der Waals surface area contributed by atoms with Crippen LogP contribution in [0.1, 0.15) is 66.8 Å². The van der Waals surface area contributed by atoms with Gasteiger partial charge in [0.2, 0.25) is 0 Å². The second-order valence-electron chi connectivity index (χ2n) is 10.1. The van der Waals surface area contributed by atoms with Crippen LogP contribution in [0.2, 0.25) is 0 Å².